The summed E-state index contributed by atoms with van der Waals surface area (Å²) < 4.78 is 11.6. The van der Waals surface area contributed by atoms with E-state index >= 15 is 0 Å². The molecule has 1 fully saturated rings. The van der Waals surface area contributed by atoms with Crippen LogP contribution in [0, 0.1) is 17.8 Å². The fourth-order valence-electron chi connectivity index (χ4n) is 4.94. The molecule has 1 heterocycles. The van der Waals surface area contributed by atoms with Crippen LogP contribution in [0.1, 0.15) is 80.1 Å². The molecule has 0 aliphatic carbocycles. The van der Waals surface area contributed by atoms with E-state index in [-0.39, 0.29) is 42.0 Å². The number of ether oxygens (including phenoxy) is 2. The van der Waals surface area contributed by atoms with Gasteiger partial charge in [0.2, 0.25) is 11.8 Å². The van der Waals surface area contributed by atoms with Gasteiger partial charge in [-0.05, 0) is 37.0 Å². The molecule has 31 heavy (non-hydrogen) atoms. The van der Waals surface area contributed by atoms with Gasteiger partial charge in [-0.3, -0.25) is 9.59 Å². The van der Waals surface area contributed by atoms with Gasteiger partial charge in [-0.25, -0.2) is 0 Å². The molecule has 0 aromatic carbocycles. The van der Waals surface area contributed by atoms with Gasteiger partial charge in [0.15, 0.2) is 0 Å². The Morgan fingerprint density at radius 2 is 1.74 bits per heavy atom. The largest absolute Gasteiger partial charge is 0.379 e. The van der Waals surface area contributed by atoms with E-state index in [4.69, 9.17) is 9.47 Å². The molecule has 6 heteroatoms. The third-order valence-electron chi connectivity index (χ3n) is 6.99. The highest BCUT2D eigenvalue weighted by molar-refractivity contribution is 5.78. The van der Waals surface area contributed by atoms with E-state index in [1.54, 1.807) is 14.2 Å². The fraction of sp³-hybridized carbons (Fsp3) is 0.920. The minimum Gasteiger partial charge on any atom is -0.379 e. The molecule has 0 aromatic rings. The van der Waals surface area contributed by atoms with Crippen LogP contribution in [0.4, 0.5) is 0 Å². The fourth-order valence-corrected chi connectivity index (χ4v) is 4.94. The summed E-state index contributed by atoms with van der Waals surface area (Å²) in [5, 5.41) is 0. The molecule has 0 spiro atoms. The zero-order valence-corrected chi connectivity index (χ0v) is 21.5. The number of likely N-dealkylation sites (N-methyl/N-ethyl adjacent to an activating group) is 1. The first-order chi connectivity index (χ1) is 14.6. The van der Waals surface area contributed by atoms with Crippen LogP contribution in [0.25, 0.3) is 0 Å². The second-order valence-electron chi connectivity index (χ2n) is 10.0. The molecule has 0 saturated carbocycles. The first-order valence-corrected chi connectivity index (χ1v) is 12.2. The van der Waals surface area contributed by atoms with Crippen LogP contribution in [0.5, 0.6) is 0 Å². The highest BCUT2D eigenvalue weighted by Gasteiger charge is 2.39. The first-order valence-electron chi connectivity index (χ1n) is 12.2. The van der Waals surface area contributed by atoms with Gasteiger partial charge < -0.3 is 19.3 Å². The van der Waals surface area contributed by atoms with E-state index in [2.05, 4.69) is 41.5 Å². The van der Waals surface area contributed by atoms with Crippen molar-refractivity contribution in [3.8, 4) is 0 Å². The Labute approximate surface area is 191 Å². The summed E-state index contributed by atoms with van der Waals surface area (Å²) in [5.41, 5.74) is 0. The van der Waals surface area contributed by atoms with Gasteiger partial charge in [0, 0.05) is 34.2 Å². The maximum atomic E-state index is 13.4. The molecule has 0 aromatic heterocycles. The highest BCUT2D eigenvalue weighted by Crippen LogP contribution is 2.29. The lowest BCUT2D eigenvalue weighted by molar-refractivity contribution is -0.144. The third-order valence-corrected chi connectivity index (χ3v) is 6.99. The van der Waals surface area contributed by atoms with Gasteiger partial charge in [-0.15, -0.1) is 0 Å². The van der Waals surface area contributed by atoms with Crippen LogP contribution in [0.15, 0.2) is 0 Å². The molecule has 0 N–H and O–H groups in total. The van der Waals surface area contributed by atoms with Gasteiger partial charge in [-0.2, -0.15) is 0 Å². The Morgan fingerprint density at radius 3 is 2.23 bits per heavy atom. The Morgan fingerprint density at radius 1 is 1.10 bits per heavy atom. The second-order valence-corrected chi connectivity index (χ2v) is 10.0. The minimum atomic E-state index is -0.322. The number of hydrogen-bond donors (Lipinski definition) is 0. The van der Waals surface area contributed by atoms with Crippen LogP contribution in [-0.2, 0) is 19.1 Å². The number of carbonyl (C=O) groups is 2. The number of rotatable bonds is 13. The minimum absolute atomic E-state index is 0.0399. The van der Waals surface area contributed by atoms with Crippen molar-refractivity contribution in [1.82, 2.24) is 9.80 Å². The van der Waals surface area contributed by atoms with E-state index in [1.807, 2.05) is 16.8 Å². The summed E-state index contributed by atoms with van der Waals surface area (Å²) in [5.74, 6) is 1.31. The van der Waals surface area contributed by atoms with Crippen molar-refractivity contribution in [2.45, 2.75) is 104 Å². The van der Waals surface area contributed by atoms with E-state index in [0.29, 0.717) is 24.7 Å². The Hall–Kier alpha value is -1.14. The molecule has 2 amide bonds. The van der Waals surface area contributed by atoms with Crippen molar-refractivity contribution in [2.75, 3.05) is 27.8 Å². The Balaban J connectivity index is 2.98. The third kappa shape index (κ3) is 7.74. The molecule has 1 rings (SSSR count). The number of likely N-dealkylation sites (tertiary alicyclic amines) is 1. The van der Waals surface area contributed by atoms with Gasteiger partial charge >= 0.3 is 0 Å². The van der Waals surface area contributed by atoms with Crippen LogP contribution >= 0.6 is 0 Å². The summed E-state index contributed by atoms with van der Waals surface area (Å²) in [7, 11) is 5.27. The zero-order chi connectivity index (χ0) is 23.7. The van der Waals surface area contributed by atoms with Gasteiger partial charge in [-0.1, -0.05) is 48.0 Å². The summed E-state index contributed by atoms with van der Waals surface area (Å²) in [6, 6.07) is -0.00885. The molecular formula is C25H48N2O4. The van der Waals surface area contributed by atoms with E-state index in [0.717, 1.165) is 32.2 Å². The molecule has 0 radical (unpaired) electrons. The van der Waals surface area contributed by atoms with Crippen molar-refractivity contribution < 1.29 is 19.1 Å². The summed E-state index contributed by atoms with van der Waals surface area (Å²) >= 11 is 0. The van der Waals surface area contributed by atoms with E-state index < -0.39 is 0 Å². The number of methoxy groups -OCH3 is 2. The van der Waals surface area contributed by atoms with Crippen molar-refractivity contribution in [1.29, 1.82) is 0 Å². The van der Waals surface area contributed by atoms with Gasteiger partial charge in [0.05, 0.1) is 30.7 Å². The summed E-state index contributed by atoms with van der Waals surface area (Å²) in [6.45, 7) is 13.6. The lowest BCUT2D eigenvalue weighted by Crippen LogP contribution is -2.52. The summed E-state index contributed by atoms with van der Waals surface area (Å²) in [4.78, 5) is 30.1. The molecule has 1 aliphatic rings. The van der Waals surface area contributed by atoms with Crippen molar-refractivity contribution >= 4 is 11.8 Å². The zero-order valence-electron chi connectivity index (χ0n) is 21.5. The first kappa shape index (κ1) is 27.9. The van der Waals surface area contributed by atoms with Crippen molar-refractivity contribution in [3.63, 3.8) is 0 Å². The van der Waals surface area contributed by atoms with Crippen LogP contribution in [0.2, 0.25) is 0 Å². The SMILES string of the molecule is CCC(C)C(C(CC(=O)N1CCCC1C(OC)C(C)C)OC)N(C)C(=O)CCC(C)C. The molecule has 1 aliphatic heterocycles. The standard InChI is InChI=1S/C25H48N2O4/c1-10-19(6)24(26(7)22(28)14-13-17(2)3)21(30-8)16-23(29)27-15-11-12-20(27)25(31-9)18(4)5/h17-21,24-25H,10-16H2,1-9H3. The summed E-state index contributed by atoms with van der Waals surface area (Å²) in [6.07, 6.45) is 4.31. The lowest BCUT2D eigenvalue weighted by Gasteiger charge is -2.39. The quantitative estimate of drug-likeness (QED) is 0.427. The molecule has 5 atom stereocenters. The van der Waals surface area contributed by atoms with Gasteiger partial charge in [0.25, 0.3) is 0 Å². The van der Waals surface area contributed by atoms with E-state index in [1.165, 1.54) is 0 Å². The van der Waals surface area contributed by atoms with Crippen LogP contribution in [-0.4, -0.2) is 73.7 Å². The molecule has 6 nitrogen and oxygen atoms in total. The predicted molar refractivity (Wildman–Crippen MR) is 126 cm³/mol. The average molecular weight is 441 g/mol. The topological polar surface area (TPSA) is 59.1 Å². The monoisotopic (exact) mass is 440 g/mol. The molecule has 1 saturated heterocycles. The number of carbonyl (C=O) groups excluding carboxylic acids is 2. The number of nitrogens with zero attached hydrogens (tertiary/aromatic N) is 2. The Bertz CT molecular complexity index is 552. The molecule has 182 valence electrons. The van der Waals surface area contributed by atoms with Crippen molar-refractivity contribution in [3.05, 3.63) is 0 Å². The maximum absolute atomic E-state index is 13.4. The highest BCUT2D eigenvalue weighted by atomic mass is 16.5. The normalized spacial score (nSPS) is 20.7. The van der Waals surface area contributed by atoms with Gasteiger partial charge in [0.1, 0.15) is 0 Å². The lowest BCUT2D eigenvalue weighted by atomic mass is 9.90. The number of amides is 2. The molecule has 0 bridgehead atoms. The average Bonchev–Trinajstić information content (AvgIpc) is 3.20. The number of hydrogen-bond acceptors (Lipinski definition) is 4. The Kier molecular flexibility index (Phi) is 12.1. The van der Waals surface area contributed by atoms with Crippen molar-refractivity contribution in [2.24, 2.45) is 17.8 Å². The predicted octanol–water partition coefficient (Wildman–Crippen LogP) is 4.36. The van der Waals surface area contributed by atoms with E-state index in [9.17, 15) is 9.59 Å². The van der Waals surface area contributed by atoms with Crippen LogP contribution < -0.4 is 0 Å². The molecule has 5 unspecified atom stereocenters. The second kappa shape index (κ2) is 13.4. The maximum Gasteiger partial charge on any atom is 0.225 e. The molecular weight excluding hydrogens is 392 g/mol. The van der Waals surface area contributed by atoms with Crippen LogP contribution in [0.3, 0.4) is 0 Å². The smallest absolute Gasteiger partial charge is 0.225 e.